The zero-order valence-electron chi connectivity index (χ0n) is 17.6. The summed E-state index contributed by atoms with van der Waals surface area (Å²) < 4.78 is 18.0. The molecule has 1 fully saturated rings. The van der Waals surface area contributed by atoms with Crippen LogP contribution in [0, 0.1) is 5.92 Å². The second-order valence-electron chi connectivity index (χ2n) is 7.52. The minimum absolute atomic E-state index is 0.00698. The largest absolute Gasteiger partial charge is 0.497 e. The Labute approximate surface area is 181 Å². The molecule has 0 unspecified atom stereocenters. The minimum Gasteiger partial charge on any atom is -0.497 e. The number of rotatable bonds is 8. The molecule has 0 aliphatic carbocycles. The molecule has 1 N–H and O–H groups in total. The molecule has 0 atom stereocenters. The maximum Gasteiger partial charge on any atom is 0.257 e. The van der Waals surface area contributed by atoms with Crippen LogP contribution in [0.1, 0.15) is 12.8 Å². The molecule has 4 rings (SSSR count). The van der Waals surface area contributed by atoms with Gasteiger partial charge in [0.05, 0.1) is 18.5 Å². The molecule has 0 saturated carbocycles. The minimum atomic E-state index is -0.104. The van der Waals surface area contributed by atoms with Gasteiger partial charge in [-0.2, -0.15) is 5.10 Å². The fourth-order valence-electron chi connectivity index (χ4n) is 3.51. The number of methoxy groups -OCH3 is 1. The number of carbonyl (C=O) groups is 1. The van der Waals surface area contributed by atoms with Gasteiger partial charge < -0.3 is 19.5 Å². The molecule has 1 aliphatic rings. The molecule has 2 heterocycles. The number of nitrogens with zero attached hydrogens (tertiary/aromatic N) is 2. The van der Waals surface area contributed by atoms with Gasteiger partial charge in [-0.05, 0) is 61.2 Å². The van der Waals surface area contributed by atoms with Gasteiger partial charge in [0.1, 0.15) is 11.5 Å². The van der Waals surface area contributed by atoms with Crippen molar-refractivity contribution in [3.8, 4) is 28.4 Å². The van der Waals surface area contributed by atoms with Crippen molar-refractivity contribution < 1.29 is 19.0 Å². The van der Waals surface area contributed by atoms with E-state index < -0.39 is 0 Å². The number of nitrogens with one attached hydrogen (secondary N) is 1. The van der Waals surface area contributed by atoms with Crippen molar-refractivity contribution in [1.82, 2.24) is 15.1 Å². The highest BCUT2D eigenvalue weighted by molar-refractivity contribution is 5.77. The lowest BCUT2D eigenvalue weighted by Gasteiger charge is -2.22. The fraction of sp³-hybridized carbons (Fsp3) is 0.333. The van der Waals surface area contributed by atoms with E-state index in [-0.39, 0.29) is 12.5 Å². The van der Waals surface area contributed by atoms with Gasteiger partial charge in [-0.1, -0.05) is 6.07 Å². The first-order valence-electron chi connectivity index (χ1n) is 10.5. The van der Waals surface area contributed by atoms with Crippen molar-refractivity contribution in [3.63, 3.8) is 0 Å². The summed E-state index contributed by atoms with van der Waals surface area (Å²) in [6.45, 7) is 2.25. The summed E-state index contributed by atoms with van der Waals surface area (Å²) in [6, 6.07) is 17.3. The van der Waals surface area contributed by atoms with Crippen LogP contribution in [0.3, 0.4) is 0 Å². The first-order chi connectivity index (χ1) is 15.2. The van der Waals surface area contributed by atoms with Crippen LogP contribution >= 0.6 is 0 Å². The van der Waals surface area contributed by atoms with Crippen molar-refractivity contribution in [2.75, 3.05) is 33.5 Å². The maximum atomic E-state index is 12.0. The average molecular weight is 421 g/mol. The highest BCUT2D eigenvalue weighted by Gasteiger charge is 2.14. The van der Waals surface area contributed by atoms with E-state index in [0.717, 1.165) is 48.7 Å². The maximum absolute atomic E-state index is 12.0. The second-order valence-corrected chi connectivity index (χ2v) is 7.52. The molecule has 0 spiro atoms. The smallest absolute Gasteiger partial charge is 0.257 e. The first-order valence-corrected chi connectivity index (χ1v) is 10.5. The molecule has 7 nitrogen and oxygen atoms in total. The molecule has 162 valence electrons. The molecular weight excluding hydrogens is 394 g/mol. The number of aromatic nitrogens is 2. The van der Waals surface area contributed by atoms with Crippen LogP contribution in [0.15, 0.2) is 60.8 Å². The lowest BCUT2D eigenvalue weighted by molar-refractivity contribution is -0.123. The zero-order valence-corrected chi connectivity index (χ0v) is 17.6. The molecule has 7 heteroatoms. The van der Waals surface area contributed by atoms with Crippen molar-refractivity contribution in [1.29, 1.82) is 0 Å². The summed E-state index contributed by atoms with van der Waals surface area (Å²) in [6.07, 6.45) is 3.91. The summed E-state index contributed by atoms with van der Waals surface area (Å²) in [7, 11) is 1.65. The zero-order chi connectivity index (χ0) is 21.5. The lowest BCUT2D eigenvalue weighted by atomic mass is 10.0. The summed E-state index contributed by atoms with van der Waals surface area (Å²) in [5, 5.41) is 7.59. The van der Waals surface area contributed by atoms with E-state index in [2.05, 4.69) is 10.4 Å². The molecular formula is C24H27N3O4. The molecule has 1 aromatic heterocycles. The van der Waals surface area contributed by atoms with Crippen LogP contribution in [-0.4, -0.2) is 49.2 Å². The van der Waals surface area contributed by atoms with E-state index in [1.807, 2.05) is 65.5 Å². The lowest BCUT2D eigenvalue weighted by Crippen LogP contribution is -2.35. The number of hydrogen-bond acceptors (Lipinski definition) is 5. The van der Waals surface area contributed by atoms with E-state index in [9.17, 15) is 4.79 Å². The van der Waals surface area contributed by atoms with Gasteiger partial charge in [-0.3, -0.25) is 4.79 Å². The highest BCUT2D eigenvalue weighted by Crippen LogP contribution is 2.23. The Kier molecular flexibility index (Phi) is 6.84. The van der Waals surface area contributed by atoms with Gasteiger partial charge in [-0.15, -0.1) is 0 Å². The molecule has 1 saturated heterocycles. The topological polar surface area (TPSA) is 74.6 Å². The van der Waals surface area contributed by atoms with Crippen LogP contribution in [0.5, 0.6) is 11.5 Å². The monoisotopic (exact) mass is 421 g/mol. The predicted molar refractivity (Wildman–Crippen MR) is 118 cm³/mol. The van der Waals surface area contributed by atoms with Gasteiger partial charge in [-0.25, -0.2) is 4.68 Å². The normalized spacial score (nSPS) is 14.2. The van der Waals surface area contributed by atoms with Crippen LogP contribution in [0.25, 0.3) is 16.9 Å². The summed E-state index contributed by atoms with van der Waals surface area (Å²) in [4.78, 5) is 12.0. The van der Waals surface area contributed by atoms with Crippen LogP contribution in [0.2, 0.25) is 0 Å². The van der Waals surface area contributed by atoms with Crippen molar-refractivity contribution in [3.05, 3.63) is 60.8 Å². The SMILES string of the molecule is COc1cccc(-n2ccc(-c3ccc(OCC(=O)NCC4CCOCC4)cc3)n2)c1. The Hall–Kier alpha value is -3.32. The third-order valence-electron chi connectivity index (χ3n) is 5.36. The molecule has 1 aliphatic heterocycles. The van der Waals surface area contributed by atoms with E-state index in [4.69, 9.17) is 14.2 Å². The summed E-state index contributed by atoms with van der Waals surface area (Å²) >= 11 is 0. The molecule has 0 bridgehead atoms. The Bertz CT molecular complexity index is 994. The van der Waals surface area contributed by atoms with E-state index >= 15 is 0 Å². The van der Waals surface area contributed by atoms with E-state index in [1.165, 1.54) is 0 Å². The number of carbonyl (C=O) groups excluding carboxylic acids is 1. The van der Waals surface area contributed by atoms with Gasteiger partial charge in [0, 0.05) is 37.6 Å². The van der Waals surface area contributed by atoms with Crippen LogP contribution in [0.4, 0.5) is 0 Å². The van der Waals surface area contributed by atoms with E-state index in [0.29, 0.717) is 18.2 Å². The van der Waals surface area contributed by atoms with Gasteiger partial charge in [0.25, 0.3) is 5.91 Å². The third-order valence-corrected chi connectivity index (χ3v) is 5.36. The van der Waals surface area contributed by atoms with E-state index in [1.54, 1.807) is 7.11 Å². The number of amides is 1. The van der Waals surface area contributed by atoms with Crippen molar-refractivity contribution in [2.24, 2.45) is 5.92 Å². The molecule has 1 amide bonds. The predicted octanol–water partition coefficient (Wildman–Crippen LogP) is 3.47. The Balaban J connectivity index is 1.30. The van der Waals surface area contributed by atoms with Crippen LogP contribution in [-0.2, 0) is 9.53 Å². The van der Waals surface area contributed by atoms with Crippen molar-refractivity contribution >= 4 is 5.91 Å². The third kappa shape index (κ3) is 5.64. The highest BCUT2D eigenvalue weighted by atomic mass is 16.5. The van der Waals surface area contributed by atoms with Gasteiger partial charge in [0.2, 0.25) is 0 Å². The van der Waals surface area contributed by atoms with Gasteiger partial charge in [0.15, 0.2) is 6.61 Å². The Morgan fingerprint density at radius 3 is 2.71 bits per heavy atom. The average Bonchev–Trinajstić information content (AvgIpc) is 3.33. The standard InChI is InChI=1S/C24H27N3O4/c1-29-22-4-2-3-20(15-22)27-12-9-23(26-27)19-5-7-21(8-6-19)31-17-24(28)25-16-18-10-13-30-14-11-18/h2-9,12,15,18H,10-11,13-14,16-17H2,1H3,(H,25,28). The van der Waals surface area contributed by atoms with Crippen LogP contribution < -0.4 is 14.8 Å². The molecule has 3 aromatic rings. The Morgan fingerprint density at radius 2 is 1.94 bits per heavy atom. The molecule has 2 aromatic carbocycles. The summed E-state index contributed by atoms with van der Waals surface area (Å²) in [5.74, 6) is 1.83. The molecule has 0 radical (unpaired) electrons. The van der Waals surface area contributed by atoms with Crippen molar-refractivity contribution in [2.45, 2.75) is 12.8 Å². The quantitative estimate of drug-likeness (QED) is 0.603. The first kappa shape index (κ1) is 20.9. The summed E-state index contributed by atoms with van der Waals surface area (Å²) in [5.41, 5.74) is 2.75. The second kappa shape index (κ2) is 10.1. The van der Waals surface area contributed by atoms with Gasteiger partial charge >= 0.3 is 0 Å². The number of hydrogen-bond donors (Lipinski definition) is 1. The molecule has 31 heavy (non-hydrogen) atoms. The Morgan fingerprint density at radius 1 is 1.13 bits per heavy atom. The number of benzene rings is 2. The fourth-order valence-corrected chi connectivity index (χ4v) is 3.51. The number of ether oxygens (including phenoxy) is 3.